The Balaban J connectivity index is 2.42. The van der Waals surface area contributed by atoms with E-state index in [9.17, 15) is 10.1 Å². The molecule has 0 aromatic carbocycles. The molecule has 84 valence electrons. The third-order valence-electron chi connectivity index (χ3n) is 2.03. The topological polar surface area (TPSA) is 96.2 Å². The van der Waals surface area contributed by atoms with Crippen LogP contribution in [-0.4, -0.2) is 27.2 Å². The molecule has 0 radical (unpaired) electrons. The van der Waals surface area contributed by atoms with Crippen LogP contribution in [0.1, 0.15) is 5.69 Å². The highest BCUT2D eigenvalue weighted by molar-refractivity contribution is 5.55. The smallest absolute Gasteiger partial charge is 0.399 e. The molecule has 0 unspecified atom stereocenters. The van der Waals surface area contributed by atoms with E-state index in [-0.39, 0.29) is 11.6 Å². The van der Waals surface area contributed by atoms with Crippen LogP contribution in [0.3, 0.4) is 0 Å². The second kappa shape index (κ2) is 3.65. The fourth-order valence-corrected chi connectivity index (χ4v) is 1.27. The lowest BCUT2D eigenvalue weighted by Crippen LogP contribution is -2.09. The van der Waals surface area contributed by atoms with Crippen molar-refractivity contribution in [3.05, 3.63) is 27.9 Å². The molecule has 2 rings (SSSR count). The maximum Gasteiger partial charge on any atom is 0.433 e. The first-order valence-electron chi connectivity index (χ1n) is 4.35. The van der Waals surface area contributed by atoms with E-state index >= 15 is 0 Å². The van der Waals surface area contributed by atoms with Crippen LogP contribution in [-0.2, 0) is 0 Å². The average molecular weight is 224 g/mol. The van der Waals surface area contributed by atoms with Gasteiger partial charge in [0.2, 0.25) is 0 Å². The number of hydrogen-bond donors (Lipinski definition) is 0. The number of aromatic nitrogens is 3. The van der Waals surface area contributed by atoms with Crippen LogP contribution < -0.4 is 4.84 Å². The van der Waals surface area contributed by atoms with Gasteiger partial charge in [-0.25, -0.2) is 0 Å². The highest BCUT2D eigenvalue weighted by Gasteiger charge is 2.18. The molecular weight excluding hydrogens is 216 g/mol. The van der Waals surface area contributed by atoms with Gasteiger partial charge in [0.05, 0.1) is 6.07 Å². The summed E-state index contributed by atoms with van der Waals surface area (Å²) in [5, 5.41) is 17.9. The molecule has 0 saturated heterocycles. The molecule has 0 aliphatic carbocycles. The summed E-state index contributed by atoms with van der Waals surface area (Å²) in [4.78, 5) is 15.9. The molecule has 0 atom stereocenters. The number of furan rings is 1. The molecule has 0 aliphatic rings. The standard InChI is InChI=1S/C8H8N4O4/c1-5-8(9-10-11(5)15-2)6-3-4-7(16-6)12(13)14/h3-4H,1-2H3. The maximum atomic E-state index is 10.4. The summed E-state index contributed by atoms with van der Waals surface area (Å²) in [6.07, 6.45) is 0. The van der Waals surface area contributed by atoms with E-state index < -0.39 is 4.92 Å². The molecule has 16 heavy (non-hydrogen) atoms. The van der Waals surface area contributed by atoms with Crippen molar-refractivity contribution in [2.75, 3.05) is 7.11 Å². The van der Waals surface area contributed by atoms with Crippen molar-refractivity contribution in [3.63, 3.8) is 0 Å². The van der Waals surface area contributed by atoms with Gasteiger partial charge in [-0.2, -0.15) is 0 Å². The third kappa shape index (κ3) is 1.49. The molecule has 0 aliphatic heterocycles. The summed E-state index contributed by atoms with van der Waals surface area (Å²) in [7, 11) is 1.44. The Morgan fingerprint density at radius 1 is 1.56 bits per heavy atom. The van der Waals surface area contributed by atoms with Gasteiger partial charge in [-0.05, 0) is 18.2 Å². The van der Waals surface area contributed by atoms with Gasteiger partial charge in [0.25, 0.3) is 0 Å². The number of hydrogen-bond acceptors (Lipinski definition) is 6. The SMILES string of the molecule is COn1nnc(-c2ccc([N+](=O)[O-])o2)c1C. The first kappa shape index (κ1) is 10.1. The molecule has 2 aromatic heterocycles. The average Bonchev–Trinajstić information content (AvgIpc) is 2.83. The van der Waals surface area contributed by atoms with Gasteiger partial charge in [-0.3, -0.25) is 10.1 Å². The number of nitro groups is 1. The fraction of sp³-hybridized carbons (Fsp3) is 0.250. The summed E-state index contributed by atoms with van der Waals surface area (Å²) in [5.74, 6) is -0.0473. The summed E-state index contributed by atoms with van der Waals surface area (Å²) in [6, 6.07) is 2.73. The number of rotatable bonds is 3. The second-order valence-corrected chi connectivity index (χ2v) is 2.97. The Hall–Kier alpha value is -2.38. The van der Waals surface area contributed by atoms with Gasteiger partial charge >= 0.3 is 5.88 Å². The van der Waals surface area contributed by atoms with Crippen molar-refractivity contribution in [2.45, 2.75) is 6.92 Å². The lowest BCUT2D eigenvalue weighted by atomic mass is 10.3. The van der Waals surface area contributed by atoms with Crippen LogP contribution in [0.2, 0.25) is 0 Å². The van der Waals surface area contributed by atoms with E-state index in [1.807, 2.05) is 0 Å². The molecule has 0 saturated carbocycles. The van der Waals surface area contributed by atoms with Crippen molar-refractivity contribution in [1.29, 1.82) is 0 Å². The summed E-state index contributed by atoms with van der Waals surface area (Å²) in [6.45, 7) is 1.72. The normalized spacial score (nSPS) is 10.4. The lowest BCUT2D eigenvalue weighted by molar-refractivity contribution is -0.401. The molecule has 0 bridgehead atoms. The Morgan fingerprint density at radius 3 is 2.81 bits per heavy atom. The predicted molar refractivity (Wildman–Crippen MR) is 51.6 cm³/mol. The van der Waals surface area contributed by atoms with Gasteiger partial charge in [0, 0.05) is 0 Å². The zero-order chi connectivity index (χ0) is 11.7. The van der Waals surface area contributed by atoms with Crippen molar-refractivity contribution in [2.24, 2.45) is 0 Å². The summed E-state index contributed by atoms with van der Waals surface area (Å²) >= 11 is 0. The van der Waals surface area contributed by atoms with Crippen molar-refractivity contribution >= 4 is 5.88 Å². The molecule has 8 nitrogen and oxygen atoms in total. The Labute approximate surface area is 89.5 Å². The van der Waals surface area contributed by atoms with Crippen molar-refractivity contribution < 1.29 is 14.2 Å². The van der Waals surface area contributed by atoms with E-state index in [1.165, 1.54) is 24.1 Å². The van der Waals surface area contributed by atoms with E-state index in [0.717, 1.165) is 0 Å². The molecular formula is C8H8N4O4. The van der Waals surface area contributed by atoms with E-state index in [4.69, 9.17) is 9.25 Å². The fourth-order valence-electron chi connectivity index (χ4n) is 1.27. The van der Waals surface area contributed by atoms with Gasteiger partial charge in [0.15, 0.2) is 11.5 Å². The maximum absolute atomic E-state index is 10.4. The Kier molecular flexibility index (Phi) is 2.31. The van der Waals surface area contributed by atoms with E-state index in [1.54, 1.807) is 6.92 Å². The number of nitrogens with zero attached hydrogens (tertiary/aromatic N) is 4. The zero-order valence-corrected chi connectivity index (χ0v) is 8.58. The summed E-state index contributed by atoms with van der Waals surface area (Å²) in [5.41, 5.74) is 1.02. The molecule has 8 heteroatoms. The quantitative estimate of drug-likeness (QED) is 0.565. The van der Waals surface area contributed by atoms with Crippen LogP contribution in [0.4, 0.5) is 5.88 Å². The molecule has 2 heterocycles. The monoisotopic (exact) mass is 224 g/mol. The first-order valence-corrected chi connectivity index (χ1v) is 4.35. The van der Waals surface area contributed by atoms with Crippen LogP contribution in [0.25, 0.3) is 11.5 Å². The minimum Gasteiger partial charge on any atom is -0.399 e. The van der Waals surface area contributed by atoms with Crippen LogP contribution in [0.5, 0.6) is 0 Å². The van der Waals surface area contributed by atoms with Crippen LogP contribution in [0.15, 0.2) is 16.5 Å². The third-order valence-corrected chi connectivity index (χ3v) is 2.03. The van der Waals surface area contributed by atoms with Gasteiger partial charge in [0.1, 0.15) is 17.7 Å². The highest BCUT2D eigenvalue weighted by Crippen LogP contribution is 2.26. The summed E-state index contributed by atoms with van der Waals surface area (Å²) < 4.78 is 5.00. The van der Waals surface area contributed by atoms with E-state index in [2.05, 4.69) is 10.3 Å². The van der Waals surface area contributed by atoms with Gasteiger partial charge in [-0.1, -0.05) is 4.85 Å². The Morgan fingerprint density at radius 2 is 2.31 bits per heavy atom. The minimum absolute atomic E-state index is 0.285. The minimum atomic E-state index is -0.612. The lowest BCUT2D eigenvalue weighted by Gasteiger charge is -1.97. The van der Waals surface area contributed by atoms with Gasteiger partial charge < -0.3 is 9.25 Å². The predicted octanol–water partition coefficient (Wildman–Crippen LogP) is 0.813. The molecule has 0 amide bonds. The zero-order valence-electron chi connectivity index (χ0n) is 8.58. The van der Waals surface area contributed by atoms with Crippen LogP contribution >= 0.6 is 0 Å². The van der Waals surface area contributed by atoms with Crippen molar-refractivity contribution in [1.82, 2.24) is 15.2 Å². The van der Waals surface area contributed by atoms with Crippen LogP contribution in [0, 0.1) is 17.0 Å². The van der Waals surface area contributed by atoms with Crippen molar-refractivity contribution in [3.8, 4) is 11.5 Å². The molecule has 2 aromatic rings. The first-order chi connectivity index (χ1) is 7.63. The van der Waals surface area contributed by atoms with Gasteiger partial charge in [-0.15, -0.1) is 5.10 Å². The second-order valence-electron chi connectivity index (χ2n) is 2.97. The molecule has 0 N–H and O–H groups in total. The molecule has 0 spiro atoms. The molecule has 0 fully saturated rings. The van der Waals surface area contributed by atoms with E-state index in [0.29, 0.717) is 11.4 Å². The Bertz CT molecular complexity index is 530. The largest absolute Gasteiger partial charge is 0.433 e. The highest BCUT2D eigenvalue weighted by atomic mass is 16.7.